The highest BCUT2D eigenvalue weighted by atomic mass is 16.5. The van der Waals surface area contributed by atoms with Gasteiger partial charge in [0, 0.05) is 6.54 Å². The van der Waals surface area contributed by atoms with Gasteiger partial charge in [0.2, 0.25) is 0 Å². The van der Waals surface area contributed by atoms with Gasteiger partial charge >= 0.3 is 0 Å². The summed E-state index contributed by atoms with van der Waals surface area (Å²) < 4.78 is 5.73. The molecular formula is C9H19NO. The molecule has 0 radical (unpaired) electrons. The van der Waals surface area contributed by atoms with E-state index in [1.165, 1.54) is 0 Å². The van der Waals surface area contributed by atoms with Crippen LogP contribution >= 0.6 is 0 Å². The lowest BCUT2D eigenvalue weighted by Gasteiger charge is -2.36. The van der Waals surface area contributed by atoms with E-state index in [4.69, 9.17) is 4.74 Å². The minimum absolute atomic E-state index is 0.00521. The Labute approximate surface area is 69.5 Å². The summed E-state index contributed by atoms with van der Waals surface area (Å²) in [6.07, 6.45) is 0. The standard InChI is InChI=1S/C9H19NO/c1-5-10-6-7-11-9(10,4)8(2)3/h8H,5-7H2,1-4H3. The van der Waals surface area contributed by atoms with Crippen LogP contribution in [-0.4, -0.2) is 30.3 Å². The molecule has 1 aliphatic heterocycles. The maximum atomic E-state index is 5.73. The fourth-order valence-corrected chi connectivity index (χ4v) is 1.68. The van der Waals surface area contributed by atoms with E-state index in [1.54, 1.807) is 0 Å². The van der Waals surface area contributed by atoms with Crippen molar-refractivity contribution in [3.8, 4) is 0 Å². The first kappa shape index (κ1) is 9.01. The van der Waals surface area contributed by atoms with E-state index < -0.39 is 0 Å². The van der Waals surface area contributed by atoms with Gasteiger partial charge in [0.15, 0.2) is 0 Å². The monoisotopic (exact) mass is 157 g/mol. The molecule has 1 aliphatic rings. The highest BCUT2D eigenvalue weighted by molar-refractivity contribution is 4.83. The molecule has 0 N–H and O–H groups in total. The molecule has 1 atom stereocenters. The summed E-state index contributed by atoms with van der Waals surface area (Å²) in [6.45, 7) is 11.9. The van der Waals surface area contributed by atoms with E-state index in [-0.39, 0.29) is 5.72 Å². The fourth-order valence-electron chi connectivity index (χ4n) is 1.68. The molecule has 0 aromatic heterocycles. The number of ether oxygens (including phenoxy) is 1. The van der Waals surface area contributed by atoms with E-state index in [1.807, 2.05) is 0 Å². The molecule has 0 saturated carbocycles. The zero-order chi connectivity index (χ0) is 8.48. The summed E-state index contributed by atoms with van der Waals surface area (Å²) in [7, 11) is 0. The van der Waals surface area contributed by atoms with Crippen LogP contribution in [0.4, 0.5) is 0 Å². The predicted octanol–water partition coefficient (Wildman–Crippen LogP) is 1.71. The van der Waals surface area contributed by atoms with Crippen molar-refractivity contribution in [2.45, 2.75) is 33.4 Å². The third kappa shape index (κ3) is 1.42. The number of rotatable bonds is 2. The Morgan fingerprint density at radius 2 is 2.18 bits per heavy atom. The van der Waals surface area contributed by atoms with Crippen molar-refractivity contribution in [1.29, 1.82) is 0 Å². The molecule has 1 unspecified atom stereocenters. The van der Waals surface area contributed by atoms with Crippen molar-refractivity contribution in [3.63, 3.8) is 0 Å². The Morgan fingerprint density at radius 3 is 2.55 bits per heavy atom. The van der Waals surface area contributed by atoms with Crippen LogP contribution in [-0.2, 0) is 4.74 Å². The van der Waals surface area contributed by atoms with E-state index in [2.05, 4.69) is 32.6 Å². The van der Waals surface area contributed by atoms with Gasteiger partial charge in [-0.25, -0.2) is 0 Å². The minimum Gasteiger partial charge on any atom is -0.359 e. The highest BCUT2D eigenvalue weighted by Crippen LogP contribution is 2.29. The summed E-state index contributed by atoms with van der Waals surface area (Å²) in [5, 5.41) is 0. The number of hydrogen-bond acceptors (Lipinski definition) is 2. The van der Waals surface area contributed by atoms with Crippen LogP contribution in [0.2, 0.25) is 0 Å². The first-order valence-corrected chi connectivity index (χ1v) is 4.50. The van der Waals surface area contributed by atoms with Gasteiger partial charge in [-0.3, -0.25) is 4.90 Å². The van der Waals surface area contributed by atoms with Gasteiger partial charge in [-0.1, -0.05) is 20.8 Å². The molecule has 0 bridgehead atoms. The number of likely N-dealkylation sites (N-methyl/N-ethyl adjacent to an activating group) is 1. The molecule has 66 valence electrons. The lowest BCUT2D eigenvalue weighted by atomic mass is 10.0. The zero-order valence-electron chi connectivity index (χ0n) is 8.05. The van der Waals surface area contributed by atoms with Crippen molar-refractivity contribution in [1.82, 2.24) is 4.90 Å². The van der Waals surface area contributed by atoms with Crippen molar-refractivity contribution in [2.24, 2.45) is 5.92 Å². The smallest absolute Gasteiger partial charge is 0.121 e. The quantitative estimate of drug-likeness (QED) is 0.605. The van der Waals surface area contributed by atoms with Crippen molar-refractivity contribution in [3.05, 3.63) is 0 Å². The van der Waals surface area contributed by atoms with Gasteiger partial charge in [0.25, 0.3) is 0 Å². The van der Waals surface area contributed by atoms with Crippen LogP contribution in [0.5, 0.6) is 0 Å². The topological polar surface area (TPSA) is 12.5 Å². The molecule has 2 heteroatoms. The van der Waals surface area contributed by atoms with E-state index >= 15 is 0 Å². The van der Waals surface area contributed by atoms with Crippen LogP contribution in [0.25, 0.3) is 0 Å². The second-order valence-corrected chi connectivity index (χ2v) is 3.64. The first-order valence-electron chi connectivity index (χ1n) is 4.50. The second kappa shape index (κ2) is 3.11. The lowest BCUT2D eigenvalue weighted by Crippen LogP contribution is -2.46. The van der Waals surface area contributed by atoms with Gasteiger partial charge in [-0.05, 0) is 19.4 Å². The summed E-state index contributed by atoms with van der Waals surface area (Å²) in [5.74, 6) is 0.574. The normalized spacial score (nSPS) is 33.5. The number of nitrogens with zero attached hydrogens (tertiary/aromatic N) is 1. The van der Waals surface area contributed by atoms with E-state index in [0.29, 0.717) is 5.92 Å². The molecule has 0 spiro atoms. The van der Waals surface area contributed by atoms with Gasteiger partial charge in [-0.2, -0.15) is 0 Å². The Morgan fingerprint density at radius 1 is 1.55 bits per heavy atom. The summed E-state index contributed by atoms with van der Waals surface area (Å²) >= 11 is 0. The SMILES string of the molecule is CCN1CCOC1(C)C(C)C. The van der Waals surface area contributed by atoms with Crippen LogP contribution < -0.4 is 0 Å². The molecule has 0 aromatic carbocycles. The van der Waals surface area contributed by atoms with Gasteiger partial charge in [0.1, 0.15) is 5.72 Å². The largest absolute Gasteiger partial charge is 0.359 e. The first-order chi connectivity index (χ1) is 5.11. The Bertz CT molecular complexity index is 136. The molecule has 0 amide bonds. The third-order valence-electron chi connectivity index (χ3n) is 2.84. The Balaban J connectivity index is 2.67. The fraction of sp³-hybridized carbons (Fsp3) is 1.00. The van der Waals surface area contributed by atoms with Crippen molar-refractivity contribution in [2.75, 3.05) is 19.7 Å². The van der Waals surface area contributed by atoms with Crippen molar-refractivity contribution >= 4 is 0 Å². The minimum atomic E-state index is -0.00521. The molecule has 0 aliphatic carbocycles. The molecule has 11 heavy (non-hydrogen) atoms. The lowest BCUT2D eigenvalue weighted by molar-refractivity contribution is -0.0992. The van der Waals surface area contributed by atoms with Crippen LogP contribution in [0.3, 0.4) is 0 Å². The van der Waals surface area contributed by atoms with Gasteiger partial charge < -0.3 is 4.74 Å². The molecule has 0 aromatic rings. The third-order valence-corrected chi connectivity index (χ3v) is 2.84. The molecular weight excluding hydrogens is 138 g/mol. The highest BCUT2D eigenvalue weighted by Gasteiger charge is 2.39. The van der Waals surface area contributed by atoms with Crippen LogP contribution in [0.15, 0.2) is 0 Å². The molecule has 1 heterocycles. The summed E-state index contributed by atoms with van der Waals surface area (Å²) in [5.41, 5.74) is -0.00521. The van der Waals surface area contributed by atoms with Crippen molar-refractivity contribution < 1.29 is 4.74 Å². The van der Waals surface area contributed by atoms with E-state index in [9.17, 15) is 0 Å². The molecule has 1 fully saturated rings. The Kier molecular flexibility index (Phi) is 2.55. The summed E-state index contributed by atoms with van der Waals surface area (Å²) in [4.78, 5) is 2.40. The molecule has 1 rings (SSSR count). The van der Waals surface area contributed by atoms with Crippen LogP contribution in [0.1, 0.15) is 27.7 Å². The zero-order valence-corrected chi connectivity index (χ0v) is 8.05. The van der Waals surface area contributed by atoms with Gasteiger partial charge in [-0.15, -0.1) is 0 Å². The average molecular weight is 157 g/mol. The maximum absolute atomic E-state index is 5.73. The van der Waals surface area contributed by atoms with Gasteiger partial charge in [0.05, 0.1) is 6.61 Å². The maximum Gasteiger partial charge on any atom is 0.121 e. The average Bonchev–Trinajstić information content (AvgIpc) is 2.32. The number of hydrogen-bond donors (Lipinski definition) is 0. The molecule has 2 nitrogen and oxygen atoms in total. The van der Waals surface area contributed by atoms with E-state index in [0.717, 1.165) is 19.7 Å². The Hall–Kier alpha value is -0.0800. The van der Waals surface area contributed by atoms with Crippen LogP contribution in [0, 0.1) is 5.92 Å². The second-order valence-electron chi connectivity index (χ2n) is 3.64. The molecule has 1 saturated heterocycles. The predicted molar refractivity (Wildman–Crippen MR) is 46.4 cm³/mol. The summed E-state index contributed by atoms with van der Waals surface area (Å²) in [6, 6.07) is 0.